The topological polar surface area (TPSA) is 89.3 Å². The number of nitrogens with zero attached hydrogens (tertiary/aromatic N) is 3. The Balaban J connectivity index is 1.54. The Morgan fingerprint density at radius 3 is 2.76 bits per heavy atom. The van der Waals surface area contributed by atoms with Crippen molar-refractivity contribution in [3.8, 4) is 17.0 Å². The predicted molar refractivity (Wildman–Crippen MR) is 133 cm³/mol. The lowest BCUT2D eigenvalue weighted by Gasteiger charge is -2.12. The van der Waals surface area contributed by atoms with E-state index in [1.165, 1.54) is 31.3 Å². The minimum absolute atomic E-state index is 0.174. The molecule has 0 radical (unpaired) electrons. The molecule has 7 nitrogen and oxygen atoms in total. The fourth-order valence-electron chi connectivity index (χ4n) is 3.91. The first-order valence-corrected chi connectivity index (χ1v) is 11.9. The summed E-state index contributed by atoms with van der Waals surface area (Å²) in [6.07, 6.45) is 3.30. The maximum Gasteiger partial charge on any atom is 0.336 e. The highest BCUT2D eigenvalue weighted by Crippen LogP contribution is 2.36. The average Bonchev–Trinajstić information content (AvgIpc) is 3.15. The largest absolute Gasteiger partial charge is 0.493 e. The summed E-state index contributed by atoms with van der Waals surface area (Å²) in [7, 11) is 1.43. The number of hydrogen-bond donors (Lipinski definition) is 2. The Kier molecular flexibility index (Phi) is 6.95. The van der Waals surface area contributed by atoms with Crippen molar-refractivity contribution in [2.24, 2.45) is 0 Å². The molecule has 0 aliphatic heterocycles. The van der Waals surface area contributed by atoms with Crippen LogP contribution in [-0.2, 0) is 6.54 Å². The van der Waals surface area contributed by atoms with Gasteiger partial charge in [0.2, 0.25) is 0 Å². The summed E-state index contributed by atoms with van der Waals surface area (Å²) in [4.78, 5) is 20.7. The van der Waals surface area contributed by atoms with Crippen LogP contribution < -0.4 is 10.1 Å². The van der Waals surface area contributed by atoms with Gasteiger partial charge in [0.05, 0.1) is 28.9 Å². The van der Waals surface area contributed by atoms with Gasteiger partial charge in [0.1, 0.15) is 12.1 Å². The third kappa shape index (κ3) is 4.53. The molecule has 10 heteroatoms. The van der Waals surface area contributed by atoms with Crippen LogP contribution in [0.25, 0.3) is 22.2 Å². The normalized spacial score (nSPS) is 11.1. The van der Waals surface area contributed by atoms with E-state index in [0.29, 0.717) is 45.4 Å². The van der Waals surface area contributed by atoms with E-state index in [-0.39, 0.29) is 11.3 Å². The summed E-state index contributed by atoms with van der Waals surface area (Å²) in [5.41, 5.74) is 3.37. The summed E-state index contributed by atoms with van der Waals surface area (Å²) in [5.74, 6) is -0.658. The first-order chi connectivity index (χ1) is 16.3. The van der Waals surface area contributed by atoms with Crippen molar-refractivity contribution < 1.29 is 19.0 Å². The van der Waals surface area contributed by atoms with Crippen LogP contribution in [0.5, 0.6) is 5.75 Å². The van der Waals surface area contributed by atoms with Crippen molar-refractivity contribution in [2.75, 3.05) is 25.2 Å². The minimum atomic E-state index is -0.964. The number of hydrogen-bond acceptors (Lipinski definition) is 6. The van der Waals surface area contributed by atoms with E-state index in [9.17, 15) is 14.3 Å². The molecule has 34 heavy (non-hydrogen) atoms. The lowest BCUT2D eigenvalue weighted by molar-refractivity contribution is 0.0693. The van der Waals surface area contributed by atoms with Crippen LogP contribution in [0.1, 0.15) is 16.1 Å². The zero-order chi connectivity index (χ0) is 24.4. The number of fused-ring (bicyclic) bond motifs is 1. The smallest absolute Gasteiger partial charge is 0.336 e. The van der Waals surface area contributed by atoms with Crippen molar-refractivity contribution in [1.82, 2.24) is 14.5 Å². The number of aromatic carboxylic acids is 1. The van der Waals surface area contributed by atoms with E-state index >= 15 is 0 Å². The van der Waals surface area contributed by atoms with E-state index in [4.69, 9.17) is 16.3 Å². The lowest BCUT2D eigenvalue weighted by atomic mass is 10.1. The number of methoxy groups -OCH3 is 1. The third-order valence-corrected chi connectivity index (χ3v) is 6.55. The second kappa shape index (κ2) is 9.90. The Bertz CT molecular complexity index is 1390. The quantitative estimate of drug-likeness (QED) is 0.298. The number of thioether (sulfide) groups is 1. The second-order valence-electron chi connectivity index (χ2n) is 7.51. The molecule has 0 aliphatic rings. The molecule has 0 aliphatic carbocycles. The van der Waals surface area contributed by atoms with Crippen molar-refractivity contribution >= 4 is 46.1 Å². The molecule has 2 heterocycles. The van der Waals surface area contributed by atoms with Crippen LogP contribution in [0.3, 0.4) is 0 Å². The van der Waals surface area contributed by atoms with Gasteiger partial charge in [-0.3, -0.25) is 0 Å². The second-order valence-corrected chi connectivity index (χ2v) is 8.76. The maximum absolute atomic E-state index is 14.2. The molecular weight excluding hydrogens is 479 g/mol. The fraction of sp³-hybridized carbons (Fsp3) is 0.208. The number of aromatic nitrogens is 3. The van der Waals surface area contributed by atoms with Crippen molar-refractivity contribution in [3.63, 3.8) is 0 Å². The van der Waals surface area contributed by atoms with E-state index in [2.05, 4.69) is 15.3 Å². The highest BCUT2D eigenvalue weighted by molar-refractivity contribution is 7.98. The third-order valence-electron chi connectivity index (χ3n) is 5.49. The molecule has 4 rings (SSSR count). The van der Waals surface area contributed by atoms with Gasteiger partial charge in [-0.05, 0) is 37.4 Å². The lowest BCUT2D eigenvalue weighted by Crippen LogP contribution is -2.12. The minimum Gasteiger partial charge on any atom is -0.493 e. The summed E-state index contributed by atoms with van der Waals surface area (Å²) in [5, 5.41) is 13.6. The number of anilines is 1. The number of rotatable bonds is 8. The Hall–Kier alpha value is -3.30. The standard InChI is InChI=1S/C24H22ClFN4O3S/c1-13-8-16-22(17(25)10-18(26)23(16)33-2)30(13)7-6-27-21-11-19(28-12-29-21)14-4-5-15(24(31)32)20(9-14)34-3/h4-5,8-12H,6-7H2,1-3H3,(H,31,32)(H,27,28,29). The number of carboxylic acid groups (broad SMARTS) is 1. The van der Waals surface area contributed by atoms with Gasteiger partial charge < -0.3 is 19.7 Å². The molecule has 0 amide bonds. The molecule has 0 bridgehead atoms. The number of carboxylic acids is 1. The molecule has 2 N–H and O–H groups in total. The van der Waals surface area contributed by atoms with E-state index in [1.54, 1.807) is 12.1 Å². The monoisotopic (exact) mass is 500 g/mol. The number of carbonyl (C=O) groups is 1. The maximum atomic E-state index is 14.2. The predicted octanol–water partition coefficient (Wildman–Crippen LogP) is 5.74. The Labute approximate surface area is 204 Å². The molecular formula is C24H22ClFN4O3S. The molecule has 0 spiro atoms. The van der Waals surface area contributed by atoms with Gasteiger partial charge in [-0.15, -0.1) is 11.8 Å². The first kappa shape index (κ1) is 23.8. The molecule has 0 atom stereocenters. The molecule has 2 aromatic carbocycles. The van der Waals surface area contributed by atoms with Gasteiger partial charge in [-0.1, -0.05) is 17.7 Å². The highest BCUT2D eigenvalue weighted by atomic mass is 35.5. The zero-order valence-electron chi connectivity index (χ0n) is 18.7. The zero-order valence-corrected chi connectivity index (χ0v) is 20.3. The van der Waals surface area contributed by atoms with E-state index in [1.807, 2.05) is 35.9 Å². The molecule has 0 fully saturated rings. The Morgan fingerprint density at radius 1 is 1.26 bits per heavy atom. The van der Waals surface area contributed by atoms with Gasteiger partial charge in [0.15, 0.2) is 11.6 Å². The summed E-state index contributed by atoms with van der Waals surface area (Å²) in [6.45, 7) is 3.03. The van der Waals surface area contributed by atoms with Gasteiger partial charge in [0.25, 0.3) is 0 Å². The van der Waals surface area contributed by atoms with Gasteiger partial charge in [-0.25, -0.2) is 19.2 Å². The van der Waals surface area contributed by atoms with Crippen LogP contribution in [0.15, 0.2) is 47.6 Å². The molecule has 2 aromatic heterocycles. The number of ether oxygens (including phenoxy) is 1. The first-order valence-electron chi connectivity index (χ1n) is 10.3. The van der Waals surface area contributed by atoms with Gasteiger partial charge >= 0.3 is 5.97 Å². The number of halogens is 2. The van der Waals surface area contributed by atoms with E-state index < -0.39 is 11.8 Å². The van der Waals surface area contributed by atoms with Gasteiger partial charge in [0, 0.05) is 40.7 Å². The van der Waals surface area contributed by atoms with Crippen LogP contribution >= 0.6 is 23.4 Å². The summed E-state index contributed by atoms with van der Waals surface area (Å²) >= 11 is 7.72. The molecule has 4 aromatic rings. The molecule has 0 unspecified atom stereocenters. The van der Waals surface area contributed by atoms with Crippen LogP contribution in [0.4, 0.5) is 10.2 Å². The van der Waals surface area contributed by atoms with Crippen molar-refractivity contribution in [1.29, 1.82) is 0 Å². The average molecular weight is 501 g/mol. The molecule has 0 saturated heterocycles. The van der Waals surface area contributed by atoms with Gasteiger partial charge in [-0.2, -0.15) is 0 Å². The number of nitrogens with one attached hydrogen (secondary N) is 1. The Morgan fingerprint density at radius 2 is 2.06 bits per heavy atom. The summed E-state index contributed by atoms with van der Waals surface area (Å²) < 4.78 is 21.4. The number of aryl methyl sites for hydroxylation is 1. The van der Waals surface area contributed by atoms with Crippen molar-refractivity contribution in [2.45, 2.75) is 18.4 Å². The molecule has 176 valence electrons. The van der Waals surface area contributed by atoms with Crippen LogP contribution in [0.2, 0.25) is 5.02 Å². The SMILES string of the molecule is COc1c(F)cc(Cl)c2c1cc(C)n2CCNc1cc(-c2ccc(C(=O)O)c(SC)c2)ncn1. The number of benzene rings is 2. The highest BCUT2D eigenvalue weighted by Gasteiger charge is 2.18. The van der Waals surface area contributed by atoms with E-state index in [0.717, 1.165) is 11.3 Å². The fourth-order valence-corrected chi connectivity index (χ4v) is 4.83. The summed E-state index contributed by atoms with van der Waals surface area (Å²) in [6, 6.07) is 10.1. The molecule has 0 saturated carbocycles. The van der Waals surface area contributed by atoms with Crippen molar-refractivity contribution in [3.05, 3.63) is 64.8 Å². The van der Waals surface area contributed by atoms with Crippen LogP contribution in [0, 0.1) is 12.7 Å². The van der Waals surface area contributed by atoms with Crippen LogP contribution in [-0.4, -0.2) is 45.5 Å².